The molecule has 1 rings (SSSR count). The molecule has 0 fully saturated rings. The molecule has 0 bridgehead atoms. The highest BCUT2D eigenvalue weighted by Gasteiger charge is 2.06. The lowest BCUT2D eigenvalue weighted by Crippen LogP contribution is -2.07. The molecule has 0 aliphatic carbocycles. The molecule has 5 heteroatoms. The lowest BCUT2D eigenvalue weighted by molar-refractivity contribution is -0.385. The van der Waals surface area contributed by atoms with E-state index in [-0.39, 0.29) is 5.69 Å². The number of rotatable bonds is 2. The third-order valence-electron chi connectivity index (χ3n) is 1.36. The number of nitrogens with zero attached hydrogens (tertiary/aromatic N) is 2. The van der Waals surface area contributed by atoms with Crippen LogP contribution in [-0.2, 0) is 0 Å². The molecular weight excluding hydrogens is 158 g/mol. The van der Waals surface area contributed by atoms with Crippen molar-refractivity contribution in [2.24, 2.45) is 5.73 Å². The van der Waals surface area contributed by atoms with Crippen LogP contribution in [0, 0.1) is 17.0 Å². The summed E-state index contributed by atoms with van der Waals surface area (Å²) >= 11 is 0. The fraction of sp³-hybridized carbons (Fsp3) is 0.143. The van der Waals surface area contributed by atoms with Crippen LogP contribution >= 0.6 is 0 Å². The van der Waals surface area contributed by atoms with E-state index >= 15 is 0 Å². The fourth-order valence-corrected chi connectivity index (χ4v) is 0.725. The average Bonchev–Trinajstić information content (AvgIpc) is 2.04. The predicted octanol–water partition coefficient (Wildman–Crippen LogP) is 0.824. The van der Waals surface area contributed by atoms with Gasteiger partial charge in [0.05, 0.1) is 10.6 Å². The second-order valence-electron chi connectivity index (χ2n) is 2.30. The monoisotopic (exact) mass is 166 g/mol. The summed E-state index contributed by atoms with van der Waals surface area (Å²) in [6, 6.07) is 2.41. The quantitative estimate of drug-likeness (QED) is 0.521. The molecule has 0 aliphatic rings. The van der Waals surface area contributed by atoms with E-state index in [4.69, 9.17) is 5.73 Å². The molecule has 0 saturated carbocycles. The second kappa shape index (κ2) is 3.27. The fourth-order valence-electron chi connectivity index (χ4n) is 0.725. The van der Waals surface area contributed by atoms with Gasteiger partial charge in [0.25, 0.3) is 5.69 Å². The maximum Gasteiger partial charge on any atom is 0.287 e. The number of pyridine rings is 1. The van der Waals surface area contributed by atoms with Crippen LogP contribution in [0.25, 0.3) is 0 Å². The SMILES string of the molecule is [CH2]C(N)c1ccc([N+](=O)[O-])cn1. The molecule has 1 heterocycles. The number of aromatic nitrogens is 1. The van der Waals surface area contributed by atoms with E-state index in [1.165, 1.54) is 18.3 Å². The highest BCUT2D eigenvalue weighted by Crippen LogP contribution is 2.11. The summed E-state index contributed by atoms with van der Waals surface area (Å²) < 4.78 is 0. The van der Waals surface area contributed by atoms with E-state index in [1.807, 2.05) is 0 Å². The summed E-state index contributed by atoms with van der Waals surface area (Å²) in [5, 5.41) is 10.2. The first-order valence-electron chi connectivity index (χ1n) is 3.30. The molecule has 0 aromatic carbocycles. The first kappa shape index (κ1) is 8.61. The molecule has 0 amide bonds. The number of hydrogen-bond donors (Lipinski definition) is 1. The summed E-state index contributed by atoms with van der Waals surface area (Å²) in [4.78, 5) is 13.5. The highest BCUT2D eigenvalue weighted by molar-refractivity contribution is 5.27. The smallest absolute Gasteiger partial charge is 0.287 e. The van der Waals surface area contributed by atoms with Crippen LogP contribution in [0.1, 0.15) is 11.7 Å². The summed E-state index contributed by atoms with van der Waals surface area (Å²) in [6.07, 6.45) is 1.17. The van der Waals surface area contributed by atoms with Gasteiger partial charge in [-0.3, -0.25) is 15.1 Å². The van der Waals surface area contributed by atoms with Crippen LogP contribution < -0.4 is 5.73 Å². The largest absolute Gasteiger partial charge is 0.323 e. The van der Waals surface area contributed by atoms with Crippen LogP contribution in [0.3, 0.4) is 0 Å². The normalized spacial score (nSPS) is 12.5. The first-order chi connectivity index (χ1) is 5.61. The minimum atomic E-state index is -0.509. The van der Waals surface area contributed by atoms with Crippen molar-refractivity contribution >= 4 is 5.69 Å². The molecule has 2 N–H and O–H groups in total. The topological polar surface area (TPSA) is 82.0 Å². The molecule has 1 aromatic heterocycles. The molecule has 1 atom stereocenters. The third-order valence-corrected chi connectivity index (χ3v) is 1.36. The Morgan fingerprint density at radius 1 is 1.67 bits per heavy atom. The van der Waals surface area contributed by atoms with Gasteiger partial charge in [0.15, 0.2) is 0 Å². The zero-order valence-corrected chi connectivity index (χ0v) is 6.30. The standard InChI is InChI=1S/C7H8N3O2/c1-5(8)7-3-2-6(4-9-7)10(11)12/h2-5H,1,8H2. The summed E-state index contributed by atoms with van der Waals surface area (Å²) in [7, 11) is 0. The van der Waals surface area contributed by atoms with E-state index in [0.29, 0.717) is 5.69 Å². The van der Waals surface area contributed by atoms with E-state index < -0.39 is 11.0 Å². The van der Waals surface area contributed by atoms with Crippen molar-refractivity contribution in [1.29, 1.82) is 0 Å². The Morgan fingerprint density at radius 2 is 2.33 bits per heavy atom. The van der Waals surface area contributed by atoms with Crippen LogP contribution in [0.5, 0.6) is 0 Å². The zero-order chi connectivity index (χ0) is 9.14. The van der Waals surface area contributed by atoms with Gasteiger partial charge >= 0.3 is 0 Å². The zero-order valence-electron chi connectivity index (χ0n) is 6.30. The van der Waals surface area contributed by atoms with Crippen LogP contribution in [0.2, 0.25) is 0 Å². The minimum Gasteiger partial charge on any atom is -0.323 e. The van der Waals surface area contributed by atoms with E-state index in [9.17, 15) is 10.1 Å². The molecule has 63 valence electrons. The van der Waals surface area contributed by atoms with Crippen molar-refractivity contribution in [3.8, 4) is 0 Å². The molecule has 0 aliphatic heterocycles. The number of nitro groups is 1. The molecular formula is C7H8N3O2. The highest BCUT2D eigenvalue weighted by atomic mass is 16.6. The first-order valence-corrected chi connectivity index (χ1v) is 3.30. The molecule has 1 unspecified atom stereocenters. The summed E-state index contributed by atoms with van der Waals surface area (Å²) in [6.45, 7) is 3.53. The molecule has 1 radical (unpaired) electrons. The van der Waals surface area contributed by atoms with Crippen LogP contribution in [0.4, 0.5) is 5.69 Å². The number of nitrogens with two attached hydrogens (primary N) is 1. The lowest BCUT2D eigenvalue weighted by atomic mass is 10.2. The Kier molecular flexibility index (Phi) is 2.35. The van der Waals surface area contributed by atoms with Crippen molar-refractivity contribution < 1.29 is 4.92 Å². The predicted molar refractivity (Wildman–Crippen MR) is 43.2 cm³/mol. The van der Waals surface area contributed by atoms with Gasteiger partial charge in [0.2, 0.25) is 0 Å². The summed E-state index contributed by atoms with van der Waals surface area (Å²) in [5.41, 5.74) is 5.90. The van der Waals surface area contributed by atoms with Gasteiger partial charge < -0.3 is 5.73 Å². The maximum absolute atomic E-state index is 10.2. The van der Waals surface area contributed by atoms with E-state index in [1.54, 1.807) is 0 Å². The van der Waals surface area contributed by atoms with Crippen LogP contribution in [-0.4, -0.2) is 9.91 Å². The van der Waals surface area contributed by atoms with Crippen molar-refractivity contribution in [1.82, 2.24) is 4.98 Å². The van der Waals surface area contributed by atoms with Crippen molar-refractivity contribution in [2.75, 3.05) is 0 Å². The average molecular weight is 166 g/mol. The van der Waals surface area contributed by atoms with Crippen molar-refractivity contribution in [3.05, 3.63) is 41.1 Å². The van der Waals surface area contributed by atoms with Crippen molar-refractivity contribution in [2.45, 2.75) is 6.04 Å². The van der Waals surface area contributed by atoms with Crippen molar-refractivity contribution in [3.63, 3.8) is 0 Å². The van der Waals surface area contributed by atoms with Gasteiger partial charge in [-0.05, 0) is 13.0 Å². The number of hydrogen-bond acceptors (Lipinski definition) is 4. The van der Waals surface area contributed by atoms with Gasteiger partial charge in [0, 0.05) is 12.1 Å². The van der Waals surface area contributed by atoms with Gasteiger partial charge in [-0.1, -0.05) is 0 Å². The van der Waals surface area contributed by atoms with E-state index in [2.05, 4.69) is 11.9 Å². The Balaban J connectivity index is 2.93. The lowest BCUT2D eigenvalue weighted by Gasteiger charge is -2.01. The Morgan fingerprint density at radius 3 is 2.67 bits per heavy atom. The van der Waals surface area contributed by atoms with E-state index in [0.717, 1.165) is 0 Å². The van der Waals surface area contributed by atoms with Crippen LogP contribution in [0.15, 0.2) is 18.3 Å². The molecule has 12 heavy (non-hydrogen) atoms. The van der Waals surface area contributed by atoms with Gasteiger partial charge in [-0.2, -0.15) is 0 Å². The molecule has 5 nitrogen and oxygen atoms in total. The summed E-state index contributed by atoms with van der Waals surface area (Å²) in [5.74, 6) is 0. The Labute approximate surface area is 69.4 Å². The molecule has 1 aromatic rings. The third kappa shape index (κ3) is 1.76. The Bertz CT molecular complexity index is 281. The van der Waals surface area contributed by atoms with Gasteiger partial charge in [0.1, 0.15) is 6.20 Å². The maximum atomic E-state index is 10.2. The molecule has 0 saturated heterocycles. The molecule has 0 spiro atoms. The minimum absolute atomic E-state index is 0.0422. The Hall–Kier alpha value is -1.49. The second-order valence-corrected chi connectivity index (χ2v) is 2.30. The van der Waals surface area contributed by atoms with Gasteiger partial charge in [-0.15, -0.1) is 0 Å². The van der Waals surface area contributed by atoms with Gasteiger partial charge in [-0.25, -0.2) is 0 Å².